The molecule has 0 aliphatic heterocycles. The highest BCUT2D eigenvalue weighted by Gasteiger charge is 2.05. The molecule has 1 rings (SSSR count). The summed E-state index contributed by atoms with van der Waals surface area (Å²) in [6.07, 6.45) is 1.25. The molecule has 1 heterocycles. The number of anilines is 1. The first-order valence-corrected chi connectivity index (χ1v) is 5.86. The first kappa shape index (κ1) is 12.3. The molecule has 5 heteroatoms. The summed E-state index contributed by atoms with van der Waals surface area (Å²) >= 11 is 7.36. The number of halogens is 1. The third-order valence-corrected chi connectivity index (χ3v) is 3.38. The van der Waals surface area contributed by atoms with E-state index >= 15 is 0 Å². The Labute approximate surface area is 98.6 Å². The predicted octanol–water partition coefficient (Wildman–Crippen LogP) is 2.79. The first-order valence-electron chi connectivity index (χ1n) is 4.67. The number of hydrogen-bond donors (Lipinski definition) is 0. The van der Waals surface area contributed by atoms with Gasteiger partial charge in [-0.2, -0.15) is 0 Å². The third kappa shape index (κ3) is 4.10. The molecule has 1 aromatic rings. The molecule has 84 valence electrons. The number of rotatable bonds is 5. The molecule has 0 saturated heterocycles. The quantitative estimate of drug-likeness (QED) is 0.750. The number of carbonyl (C=O) groups is 1. The molecular weight excluding hydrogens is 234 g/mol. The zero-order chi connectivity index (χ0) is 11.3. The van der Waals surface area contributed by atoms with E-state index in [-0.39, 0.29) is 5.97 Å². The average molecular weight is 248 g/mol. The second-order valence-electron chi connectivity index (χ2n) is 3.18. The minimum absolute atomic E-state index is 0.160. The molecule has 15 heavy (non-hydrogen) atoms. The molecule has 0 fully saturated rings. The lowest BCUT2D eigenvalue weighted by molar-refractivity contribution is -0.140. The Morgan fingerprint density at radius 3 is 2.87 bits per heavy atom. The van der Waals surface area contributed by atoms with Gasteiger partial charge in [-0.1, -0.05) is 11.6 Å². The lowest BCUT2D eigenvalue weighted by Gasteiger charge is -2.16. The van der Waals surface area contributed by atoms with Crippen molar-refractivity contribution in [2.75, 3.05) is 25.6 Å². The highest BCUT2D eigenvalue weighted by Crippen LogP contribution is 2.28. The Bertz CT molecular complexity index is 327. The van der Waals surface area contributed by atoms with Crippen molar-refractivity contribution in [1.29, 1.82) is 0 Å². The van der Waals surface area contributed by atoms with E-state index in [2.05, 4.69) is 9.64 Å². The SMILES string of the molecule is COC(=O)CCCN(C)c1ccc(Cl)s1. The van der Waals surface area contributed by atoms with Crippen LogP contribution in [0.25, 0.3) is 0 Å². The maximum atomic E-state index is 10.9. The molecule has 1 aromatic heterocycles. The third-order valence-electron chi connectivity index (χ3n) is 2.04. The fourth-order valence-corrected chi connectivity index (χ4v) is 2.20. The summed E-state index contributed by atoms with van der Waals surface area (Å²) in [5.41, 5.74) is 0. The molecule has 0 amide bonds. The van der Waals surface area contributed by atoms with Gasteiger partial charge in [-0.3, -0.25) is 4.79 Å². The summed E-state index contributed by atoms with van der Waals surface area (Å²) < 4.78 is 5.35. The van der Waals surface area contributed by atoms with E-state index in [4.69, 9.17) is 11.6 Å². The fourth-order valence-electron chi connectivity index (χ4n) is 1.18. The van der Waals surface area contributed by atoms with Gasteiger partial charge in [0.25, 0.3) is 0 Å². The van der Waals surface area contributed by atoms with Crippen LogP contribution >= 0.6 is 22.9 Å². The van der Waals surface area contributed by atoms with Crippen LogP contribution in [0.3, 0.4) is 0 Å². The number of methoxy groups -OCH3 is 1. The molecule has 0 spiro atoms. The lowest BCUT2D eigenvalue weighted by atomic mass is 10.3. The van der Waals surface area contributed by atoms with Gasteiger partial charge in [0.15, 0.2) is 0 Å². The van der Waals surface area contributed by atoms with Crippen LogP contribution in [0.2, 0.25) is 4.34 Å². The van der Waals surface area contributed by atoms with Gasteiger partial charge in [0.1, 0.15) is 0 Å². The van der Waals surface area contributed by atoms with Crippen molar-refractivity contribution in [2.24, 2.45) is 0 Å². The summed E-state index contributed by atoms with van der Waals surface area (Å²) in [7, 11) is 3.39. The zero-order valence-electron chi connectivity index (χ0n) is 8.83. The maximum absolute atomic E-state index is 10.9. The van der Waals surface area contributed by atoms with Gasteiger partial charge in [0, 0.05) is 20.0 Å². The predicted molar refractivity (Wildman–Crippen MR) is 63.8 cm³/mol. The number of ether oxygens (including phenoxy) is 1. The summed E-state index contributed by atoms with van der Waals surface area (Å²) in [6, 6.07) is 3.85. The van der Waals surface area contributed by atoms with E-state index in [9.17, 15) is 4.79 Å². The molecule has 0 aliphatic rings. The van der Waals surface area contributed by atoms with Crippen LogP contribution in [-0.4, -0.2) is 26.7 Å². The number of nitrogens with zero attached hydrogens (tertiary/aromatic N) is 1. The van der Waals surface area contributed by atoms with Crippen LogP contribution in [-0.2, 0) is 9.53 Å². The Morgan fingerprint density at radius 2 is 2.33 bits per heavy atom. The number of esters is 1. The van der Waals surface area contributed by atoms with Crippen LogP contribution in [0, 0.1) is 0 Å². The lowest BCUT2D eigenvalue weighted by Crippen LogP contribution is -2.18. The smallest absolute Gasteiger partial charge is 0.305 e. The number of hydrogen-bond acceptors (Lipinski definition) is 4. The number of carbonyl (C=O) groups excluding carboxylic acids is 1. The maximum Gasteiger partial charge on any atom is 0.305 e. The highest BCUT2D eigenvalue weighted by molar-refractivity contribution is 7.19. The van der Waals surface area contributed by atoms with Crippen molar-refractivity contribution >= 4 is 33.9 Å². The molecule has 0 atom stereocenters. The largest absolute Gasteiger partial charge is 0.469 e. The Morgan fingerprint density at radius 1 is 1.60 bits per heavy atom. The summed E-state index contributed by atoms with van der Waals surface area (Å²) in [5.74, 6) is -0.160. The Kier molecular flexibility index (Phi) is 4.91. The molecule has 0 saturated carbocycles. The summed E-state index contributed by atoms with van der Waals surface area (Å²) in [4.78, 5) is 13.0. The standard InChI is InChI=1S/C10H14ClNO2S/c1-12(7-3-4-10(13)14-2)9-6-5-8(11)15-9/h5-6H,3-4,7H2,1-2H3. The molecular formula is C10H14ClNO2S. The highest BCUT2D eigenvalue weighted by atomic mass is 35.5. The Hall–Kier alpha value is -0.740. The monoisotopic (exact) mass is 247 g/mol. The van der Waals surface area contributed by atoms with Crippen LogP contribution in [0.5, 0.6) is 0 Å². The minimum Gasteiger partial charge on any atom is -0.469 e. The van der Waals surface area contributed by atoms with Gasteiger partial charge < -0.3 is 9.64 Å². The molecule has 3 nitrogen and oxygen atoms in total. The van der Waals surface area contributed by atoms with Gasteiger partial charge >= 0.3 is 5.97 Å². The topological polar surface area (TPSA) is 29.5 Å². The van der Waals surface area contributed by atoms with E-state index in [1.54, 1.807) is 0 Å². The number of thiophene rings is 1. The average Bonchev–Trinajstić information content (AvgIpc) is 2.64. The van der Waals surface area contributed by atoms with Gasteiger partial charge in [0.05, 0.1) is 16.4 Å². The second-order valence-corrected chi connectivity index (χ2v) is 4.87. The summed E-state index contributed by atoms with van der Waals surface area (Å²) in [5, 5.41) is 1.12. The second kappa shape index (κ2) is 5.98. The van der Waals surface area contributed by atoms with E-state index < -0.39 is 0 Å². The van der Waals surface area contributed by atoms with Crippen LogP contribution in [0.15, 0.2) is 12.1 Å². The van der Waals surface area contributed by atoms with Crippen LogP contribution < -0.4 is 4.90 Å². The van der Waals surface area contributed by atoms with Crippen molar-refractivity contribution in [3.63, 3.8) is 0 Å². The first-order chi connectivity index (χ1) is 7.13. The normalized spacial score (nSPS) is 10.1. The van der Waals surface area contributed by atoms with Crippen molar-refractivity contribution in [3.05, 3.63) is 16.5 Å². The van der Waals surface area contributed by atoms with Gasteiger partial charge in [-0.05, 0) is 18.6 Å². The van der Waals surface area contributed by atoms with Crippen molar-refractivity contribution in [1.82, 2.24) is 0 Å². The molecule has 0 aliphatic carbocycles. The van der Waals surface area contributed by atoms with Crippen molar-refractivity contribution < 1.29 is 9.53 Å². The molecule has 0 radical (unpaired) electrons. The molecule has 0 N–H and O–H groups in total. The van der Waals surface area contributed by atoms with E-state index in [0.717, 1.165) is 22.3 Å². The van der Waals surface area contributed by atoms with Crippen LogP contribution in [0.4, 0.5) is 5.00 Å². The fraction of sp³-hybridized carbons (Fsp3) is 0.500. The molecule has 0 bridgehead atoms. The summed E-state index contributed by atoms with van der Waals surface area (Å²) in [6.45, 7) is 0.825. The van der Waals surface area contributed by atoms with Crippen molar-refractivity contribution in [2.45, 2.75) is 12.8 Å². The van der Waals surface area contributed by atoms with E-state index in [0.29, 0.717) is 6.42 Å². The van der Waals surface area contributed by atoms with Crippen molar-refractivity contribution in [3.8, 4) is 0 Å². The Balaban J connectivity index is 2.30. The molecule has 0 aromatic carbocycles. The zero-order valence-corrected chi connectivity index (χ0v) is 10.4. The van der Waals surface area contributed by atoms with Gasteiger partial charge in [-0.25, -0.2) is 0 Å². The van der Waals surface area contributed by atoms with Gasteiger partial charge in [-0.15, -0.1) is 11.3 Å². The molecule has 0 unspecified atom stereocenters. The van der Waals surface area contributed by atoms with Crippen LogP contribution in [0.1, 0.15) is 12.8 Å². The van der Waals surface area contributed by atoms with Gasteiger partial charge in [0.2, 0.25) is 0 Å². The minimum atomic E-state index is -0.160. The van der Waals surface area contributed by atoms with E-state index in [1.165, 1.54) is 18.4 Å². The van der Waals surface area contributed by atoms with E-state index in [1.807, 2.05) is 19.2 Å².